The molecule has 0 unspecified atom stereocenters. The lowest BCUT2D eigenvalue weighted by atomic mass is 10.2. The van der Waals surface area contributed by atoms with Gasteiger partial charge in [0.15, 0.2) is 0 Å². The summed E-state index contributed by atoms with van der Waals surface area (Å²) >= 11 is 0. The van der Waals surface area contributed by atoms with E-state index < -0.39 is 0 Å². The minimum absolute atomic E-state index is 0.205. The predicted octanol–water partition coefficient (Wildman–Crippen LogP) is -0.344. The molecule has 1 aromatic heterocycles. The Morgan fingerprint density at radius 1 is 1.27 bits per heavy atom. The van der Waals surface area contributed by atoms with Crippen LogP contribution < -0.4 is 10.9 Å². The van der Waals surface area contributed by atoms with Crippen molar-refractivity contribution in [1.29, 1.82) is 0 Å². The van der Waals surface area contributed by atoms with E-state index in [0.717, 1.165) is 37.2 Å². The summed E-state index contributed by atoms with van der Waals surface area (Å²) in [5.41, 5.74) is 1.57. The number of rotatable bonds is 0. The van der Waals surface area contributed by atoms with Crippen molar-refractivity contribution < 1.29 is 4.52 Å². The summed E-state index contributed by atoms with van der Waals surface area (Å²) in [6, 6.07) is 0. The molecule has 0 amide bonds. The molecule has 2 N–H and O–H groups in total. The molecular weight excluding hydrogens is 144 g/mol. The fraction of sp³-hybridized carbons (Fsp3) is 0.571. The van der Waals surface area contributed by atoms with E-state index in [2.05, 4.69) is 15.0 Å². The summed E-state index contributed by atoms with van der Waals surface area (Å²) in [7, 11) is 0. The molecule has 0 saturated heterocycles. The minimum Gasteiger partial charge on any atom is -0.339 e. The summed E-state index contributed by atoms with van der Waals surface area (Å²) in [4.78, 5) is 11.0. The maximum atomic E-state index is 11.0. The van der Waals surface area contributed by atoms with Gasteiger partial charge in [-0.15, -0.1) is 0 Å². The molecule has 0 atom stereocenters. The Balaban J connectivity index is 2.43. The van der Waals surface area contributed by atoms with Gasteiger partial charge in [-0.25, -0.2) is 9.95 Å². The number of aromatic amines is 1. The first-order chi connectivity index (χ1) is 5.38. The number of hydrogen-bond acceptors (Lipinski definition) is 3. The molecule has 1 aliphatic rings. The van der Waals surface area contributed by atoms with E-state index in [0.29, 0.717) is 0 Å². The lowest BCUT2D eigenvalue weighted by Gasteiger charge is -1.93. The monoisotopic (exact) mass is 154 g/mol. The number of aromatic nitrogens is 1. The first-order valence-corrected chi connectivity index (χ1v) is 3.78. The van der Waals surface area contributed by atoms with E-state index in [1.54, 1.807) is 0 Å². The van der Waals surface area contributed by atoms with E-state index in [1.165, 1.54) is 0 Å². The SMILES string of the molecule is O=c1o[nH]c2c1CCNCC2. The Labute approximate surface area is 63.6 Å². The largest absolute Gasteiger partial charge is 0.360 e. The summed E-state index contributed by atoms with van der Waals surface area (Å²) in [6.07, 6.45) is 1.64. The molecular formula is C7H10N2O2. The van der Waals surface area contributed by atoms with Crippen molar-refractivity contribution in [2.24, 2.45) is 0 Å². The van der Waals surface area contributed by atoms with Crippen LogP contribution in [-0.2, 0) is 12.8 Å². The molecule has 2 heterocycles. The first-order valence-electron chi connectivity index (χ1n) is 3.78. The zero-order valence-electron chi connectivity index (χ0n) is 6.14. The second-order valence-electron chi connectivity index (χ2n) is 2.70. The van der Waals surface area contributed by atoms with Crippen molar-refractivity contribution >= 4 is 0 Å². The standard InChI is InChI=1S/C7H10N2O2/c10-7-5-1-3-8-4-2-6(5)9-11-7/h8-9H,1-4H2. The Morgan fingerprint density at radius 3 is 3.00 bits per heavy atom. The van der Waals surface area contributed by atoms with E-state index >= 15 is 0 Å². The van der Waals surface area contributed by atoms with Crippen molar-refractivity contribution in [3.8, 4) is 0 Å². The normalized spacial score (nSPS) is 17.5. The van der Waals surface area contributed by atoms with E-state index in [4.69, 9.17) is 0 Å². The third kappa shape index (κ3) is 1.09. The molecule has 0 aromatic carbocycles. The zero-order chi connectivity index (χ0) is 7.68. The number of fused-ring (bicyclic) bond motifs is 1. The van der Waals surface area contributed by atoms with E-state index in [-0.39, 0.29) is 5.63 Å². The summed E-state index contributed by atoms with van der Waals surface area (Å²) in [6.45, 7) is 1.79. The average molecular weight is 154 g/mol. The van der Waals surface area contributed by atoms with Gasteiger partial charge in [-0.3, -0.25) is 0 Å². The van der Waals surface area contributed by atoms with Crippen LogP contribution in [0.15, 0.2) is 9.32 Å². The first kappa shape index (κ1) is 6.67. The Morgan fingerprint density at radius 2 is 2.09 bits per heavy atom. The molecule has 0 saturated carbocycles. The van der Waals surface area contributed by atoms with Gasteiger partial charge < -0.3 is 9.84 Å². The molecule has 0 spiro atoms. The molecule has 60 valence electrons. The second-order valence-corrected chi connectivity index (χ2v) is 2.70. The Hall–Kier alpha value is -1.03. The van der Waals surface area contributed by atoms with Crippen LogP contribution in [0.2, 0.25) is 0 Å². The van der Waals surface area contributed by atoms with Crippen LogP contribution in [0, 0.1) is 0 Å². The quantitative estimate of drug-likeness (QED) is 0.537. The zero-order valence-corrected chi connectivity index (χ0v) is 6.14. The maximum absolute atomic E-state index is 11.0. The number of hydrogen-bond donors (Lipinski definition) is 2. The minimum atomic E-state index is -0.205. The van der Waals surface area contributed by atoms with Crippen molar-refractivity contribution in [3.63, 3.8) is 0 Å². The molecule has 2 rings (SSSR count). The van der Waals surface area contributed by atoms with Crippen LogP contribution in [0.25, 0.3) is 0 Å². The maximum Gasteiger partial charge on any atom is 0.360 e. The summed E-state index contributed by atoms with van der Waals surface area (Å²) < 4.78 is 4.66. The van der Waals surface area contributed by atoms with Gasteiger partial charge in [0, 0.05) is 13.0 Å². The fourth-order valence-corrected chi connectivity index (χ4v) is 1.36. The van der Waals surface area contributed by atoms with Crippen LogP contribution in [0.3, 0.4) is 0 Å². The average Bonchev–Trinajstić information content (AvgIpc) is 2.25. The fourth-order valence-electron chi connectivity index (χ4n) is 1.36. The van der Waals surface area contributed by atoms with Gasteiger partial charge in [-0.2, -0.15) is 0 Å². The van der Waals surface area contributed by atoms with Gasteiger partial charge in [0.2, 0.25) is 0 Å². The Bertz CT molecular complexity index is 300. The molecule has 11 heavy (non-hydrogen) atoms. The van der Waals surface area contributed by atoms with Crippen molar-refractivity contribution in [3.05, 3.63) is 21.7 Å². The molecule has 4 nitrogen and oxygen atoms in total. The summed E-state index contributed by atoms with van der Waals surface area (Å²) in [5.74, 6) is 0. The third-order valence-corrected chi connectivity index (χ3v) is 1.98. The Kier molecular flexibility index (Phi) is 1.54. The lowest BCUT2D eigenvalue weighted by Crippen LogP contribution is -2.17. The molecule has 4 heteroatoms. The van der Waals surface area contributed by atoms with Crippen LogP contribution >= 0.6 is 0 Å². The van der Waals surface area contributed by atoms with Crippen molar-refractivity contribution in [2.45, 2.75) is 12.8 Å². The third-order valence-electron chi connectivity index (χ3n) is 1.98. The molecule has 0 aliphatic carbocycles. The van der Waals surface area contributed by atoms with Gasteiger partial charge >= 0.3 is 5.63 Å². The molecule has 1 aliphatic heterocycles. The number of nitrogens with one attached hydrogen (secondary N) is 2. The molecule has 0 fully saturated rings. The van der Waals surface area contributed by atoms with Gasteiger partial charge in [0.1, 0.15) is 0 Å². The number of H-pyrrole nitrogens is 1. The topological polar surface area (TPSA) is 58.0 Å². The van der Waals surface area contributed by atoms with Gasteiger partial charge in [-0.1, -0.05) is 0 Å². The predicted molar refractivity (Wildman–Crippen MR) is 39.6 cm³/mol. The van der Waals surface area contributed by atoms with Crippen LogP contribution in [0.4, 0.5) is 0 Å². The highest BCUT2D eigenvalue weighted by Gasteiger charge is 2.13. The van der Waals surface area contributed by atoms with Crippen molar-refractivity contribution in [2.75, 3.05) is 13.1 Å². The van der Waals surface area contributed by atoms with Crippen LogP contribution in [0.5, 0.6) is 0 Å². The van der Waals surface area contributed by atoms with Gasteiger partial charge in [0.25, 0.3) is 0 Å². The van der Waals surface area contributed by atoms with Gasteiger partial charge in [-0.05, 0) is 13.0 Å². The molecule has 1 aromatic rings. The smallest absolute Gasteiger partial charge is 0.339 e. The highest BCUT2D eigenvalue weighted by Crippen LogP contribution is 2.04. The highest BCUT2D eigenvalue weighted by molar-refractivity contribution is 5.16. The lowest BCUT2D eigenvalue weighted by molar-refractivity contribution is 0.382. The summed E-state index contributed by atoms with van der Waals surface area (Å²) in [5, 5.41) is 5.85. The highest BCUT2D eigenvalue weighted by atomic mass is 16.5. The molecule has 0 radical (unpaired) electrons. The van der Waals surface area contributed by atoms with Crippen LogP contribution in [0.1, 0.15) is 11.3 Å². The van der Waals surface area contributed by atoms with Gasteiger partial charge in [0.05, 0.1) is 11.3 Å². The van der Waals surface area contributed by atoms with E-state index in [9.17, 15) is 4.79 Å². The van der Waals surface area contributed by atoms with E-state index in [1.807, 2.05) is 0 Å². The van der Waals surface area contributed by atoms with Crippen molar-refractivity contribution in [1.82, 2.24) is 10.5 Å². The van der Waals surface area contributed by atoms with Crippen LogP contribution in [-0.4, -0.2) is 18.2 Å². The second kappa shape index (κ2) is 2.54. The molecule has 0 bridgehead atoms.